The van der Waals surface area contributed by atoms with Gasteiger partial charge in [-0.2, -0.15) is 0 Å². The monoisotopic (exact) mass is 335 g/mol. The first-order valence-corrected chi connectivity index (χ1v) is 7.87. The Balaban J connectivity index is 0.00000147. The summed E-state index contributed by atoms with van der Waals surface area (Å²) in [6.45, 7) is 3.13. The van der Waals surface area contributed by atoms with Crippen molar-refractivity contribution in [2.24, 2.45) is 11.3 Å². The Kier molecular flexibility index (Phi) is 5.00. The standard InChI is InChI=1S/C14H18ClNO2S.ClH/c1-18-13(17)11-8-14(11)4-6-16(7-5-14)9-10-2-3-12(15)19-10;/h2-3,11H,4-9H2,1H3;1H. The second-order valence-electron chi connectivity index (χ2n) is 5.62. The third kappa shape index (κ3) is 3.14. The maximum Gasteiger partial charge on any atom is 0.309 e. The molecule has 20 heavy (non-hydrogen) atoms. The number of halogens is 2. The molecule has 3 rings (SSSR count). The fraction of sp³-hybridized carbons (Fsp3) is 0.643. The summed E-state index contributed by atoms with van der Waals surface area (Å²) in [7, 11) is 1.49. The zero-order valence-corrected chi connectivity index (χ0v) is 13.8. The minimum atomic E-state index is -0.0153. The molecule has 1 atom stereocenters. The summed E-state index contributed by atoms with van der Waals surface area (Å²) in [5, 5.41) is 0. The van der Waals surface area contributed by atoms with Gasteiger partial charge in [0.25, 0.3) is 0 Å². The van der Waals surface area contributed by atoms with Crippen LogP contribution in [0.15, 0.2) is 12.1 Å². The van der Waals surface area contributed by atoms with Crippen LogP contribution in [0, 0.1) is 11.3 Å². The molecule has 1 spiro atoms. The lowest BCUT2D eigenvalue weighted by atomic mass is 9.91. The van der Waals surface area contributed by atoms with E-state index >= 15 is 0 Å². The van der Waals surface area contributed by atoms with E-state index in [1.165, 1.54) is 12.0 Å². The Morgan fingerprint density at radius 2 is 2.20 bits per heavy atom. The van der Waals surface area contributed by atoms with Gasteiger partial charge in [-0.05, 0) is 49.9 Å². The van der Waals surface area contributed by atoms with E-state index in [-0.39, 0.29) is 29.7 Å². The topological polar surface area (TPSA) is 29.5 Å². The average molecular weight is 336 g/mol. The van der Waals surface area contributed by atoms with Crippen LogP contribution < -0.4 is 0 Å². The van der Waals surface area contributed by atoms with E-state index in [4.69, 9.17) is 16.3 Å². The molecular weight excluding hydrogens is 317 g/mol. The molecule has 2 fully saturated rings. The highest BCUT2D eigenvalue weighted by atomic mass is 35.5. The fourth-order valence-corrected chi connectivity index (χ4v) is 4.32. The molecule has 112 valence electrons. The molecule has 1 saturated heterocycles. The van der Waals surface area contributed by atoms with Crippen LogP contribution in [0.4, 0.5) is 0 Å². The quantitative estimate of drug-likeness (QED) is 0.790. The van der Waals surface area contributed by atoms with Gasteiger partial charge in [-0.25, -0.2) is 0 Å². The van der Waals surface area contributed by atoms with Gasteiger partial charge in [0.15, 0.2) is 0 Å². The van der Waals surface area contributed by atoms with E-state index in [1.54, 1.807) is 11.3 Å². The van der Waals surface area contributed by atoms with Gasteiger partial charge < -0.3 is 4.74 Å². The number of carbonyl (C=O) groups is 1. The third-order valence-corrected chi connectivity index (χ3v) is 5.75. The van der Waals surface area contributed by atoms with Crippen molar-refractivity contribution in [2.75, 3.05) is 20.2 Å². The van der Waals surface area contributed by atoms with Crippen molar-refractivity contribution in [1.82, 2.24) is 4.90 Å². The molecule has 1 aromatic heterocycles. The lowest BCUT2D eigenvalue weighted by Crippen LogP contribution is -2.35. The van der Waals surface area contributed by atoms with E-state index in [0.717, 1.165) is 43.2 Å². The number of thiophene rings is 1. The maximum absolute atomic E-state index is 11.6. The first-order chi connectivity index (χ1) is 9.13. The second kappa shape index (κ2) is 6.22. The molecule has 2 aliphatic rings. The van der Waals surface area contributed by atoms with Crippen LogP contribution in [0.25, 0.3) is 0 Å². The van der Waals surface area contributed by atoms with Gasteiger partial charge in [0, 0.05) is 11.4 Å². The van der Waals surface area contributed by atoms with E-state index in [9.17, 15) is 4.79 Å². The van der Waals surface area contributed by atoms with Crippen molar-refractivity contribution in [1.29, 1.82) is 0 Å². The van der Waals surface area contributed by atoms with Crippen molar-refractivity contribution in [3.8, 4) is 0 Å². The SMILES string of the molecule is COC(=O)C1CC12CCN(Cc1ccc(Cl)s1)CC2.Cl. The molecule has 0 aromatic carbocycles. The van der Waals surface area contributed by atoms with Gasteiger partial charge in [-0.15, -0.1) is 23.7 Å². The highest BCUT2D eigenvalue weighted by molar-refractivity contribution is 7.16. The van der Waals surface area contributed by atoms with Crippen LogP contribution in [-0.4, -0.2) is 31.1 Å². The largest absolute Gasteiger partial charge is 0.469 e. The van der Waals surface area contributed by atoms with Gasteiger partial charge in [0.05, 0.1) is 17.4 Å². The highest BCUT2D eigenvalue weighted by Gasteiger charge is 2.59. The summed E-state index contributed by atoms with van der Waals surface area (Å²) in [6.07, 6.45) is 3.26. The van der Waals surface area contributed by atoms with E-state index in [1.807, 2.05) is 6.07 Å². The molecule has 0 amide bonds. The summed E-state index contributed by atoms with van der Waals surface area (Å²) in [5.41, 5.74) is 0.261. The number of ether oxygens (including phenoxy) is 1. The van der Waals surface area contributed by atoms with Crippen molar-refractivity contribution in [3.05, 3.63) is 21.3 Å². The Morgan fingerprint density at radius 1 is 1.50 bits per heavy atom. The average Bonchev–Trinajstić information content (AvgIpc) is 2.97. The van der Waals surface area contributed by atoms with Crippen LogP contribution in [0.5, 0.6) is 0 Å². The van der Waals surface area contributed by atoms with Crippen molar-refractivity contribution in [2.45, 2.75) is 25.8 Å². The second-order valence-corrected chi connectivity index (χ2v) is 7.42. The van der Waals surface area contributed by atoms with Crippen LogP contribution in [0.1, 0.15) is 24.1 Å². The highest BCUT2D eigenvalue weighted by Crippen LogP contribution is 2.59. The fourth-order valence-electron chi connectivity index (χ4n) is 3.19. The van der Waals surface area contributed by atoms with Crippen molar-refractivity contribution >= 4 is 41.3 Å². The number of rotatable bonds is 3. The van der Waals surface area contributed by atoms with E-state index in [2.05, 4.69) is 11.0 Å². The number of carbonyl (C=O) groups excluding carboxylic acids is 1. The van der Waals surface area contributed by atoms with E-state index < -0.39 is 0 Å². The van der Waals surface area contributed by atoms with Gasteiger partial charge in [-0.3, -0.25) is 9.69 Å². The van der Waals surface area contributed by atoms with Gasteiger partial charge in [0.2, 0.25) is 0 Å². The predicted octanol–water partition coefficient (Wildman–Crippen LogP) is 3.60. The predicted molar refractivity (Wildman–Crippen MR) is 83.6 cm³/mol. The first-order valence-electron chi connectivity index (χ1n) is 6.67. The molecule has 0 radical (unpaired) electrons. The Hall–Kier alpha value is -0.290. The van der Waals surface area contributed by atoms with Crippen LogP contribution in [0.2, 0.25) is 4.34 Å². The minimum absolute atomic E-state index is 0. The number of esters is 1. The van der Waals surface area contributed by atoms with Crippen molar-refractivity contribution in [3.63, 3.8) is 0 Å². The zero-order chi connectivity index (χ0) is 13.5. The molecule has 1 aliphatic carbocycles. The van der Waals surface area contributed by atoms with Crippen molar-refractivity contribution < 1.29 is 9.53 Å². The molecule has 0 N–H and O–H groups in total. The maximum atomic E-state index is 11.6. The van der Waals surface area contributed by atoms with Crippen LogP contribution >= 0.6 is 35.3 Å². The number of likely N-dealkylation sites (tertiary alicyclic amines) is 1. The molecule has 3 nitrogen and oxygen atoms in total. The summed E-state index contributed by atoms with van der Waals surface area (Å²) >= 11 is 7.61. The molecule has 1 saturated carbocycles. The summed E-state index contributed by atoms with van der Waals surface area (Å²) in [5.74, 6) is 0.148. The third-order valence-electron chi connectivity index (χ3n) is 4.54. The molecule has 0 bridgehead atoms. The Bertz CT molecular complexity index is 483. The number of hydrogen-bond acceptors (Lipinski definition) is 4. The smallest absolute Gasteiger partial charge is 0.309 e. The number of piperidine rings is 1. The molecule has 1 aromatic rings. The first kappa shape index (κ1) is 16.1. The van der Waals surface area contributed by atoms with Crippen LogP contribution in [-0.2, 0) is 16.1 Å². The lowest BCUT2D eigenvalue weighted by Gasteiger charge is -2.32. The Morgan fingerprint density at radius 3 is 2.75 bits per heavy atom. The number of hydrogen-bond donors (Lipinski definition) is 0. The normalized spacial score (nSPS) is 24.2. The van der Waals surface area contributed by atoms with E-state index in [0.29, 0.717) is 0 Å². The summed E-state index contributed by atoms with van der Waals surface area (Å²) in [6, 6.07) is 4.06. The lowest BCUT2D eigenvalue weighted by molar-refractivity contribution is -0.143. The molecular formula is C14H19Cl2NO2S. The zero-order valence-electron chi connectivity index (χ0n) is 11.4. The molecule has 2 heterocycles. The molecule has 1 aliphatic heterocycles. The number of nitrogens with zero attached hydrogens (tertiary/aromatic N) is 1. The molecule has 1 unspecified atom stereocenters. The summed E-state index contributed by atoms with van der Waals surface area (Å²) in [4.78, 5) is 15.4. The van der Waals surface area contributed by atoms with Gasteiger partial charge >= 0.3 is 5.97 Å². The van der Waals surface area contributed by atoms with Crippen LogP contribution in [0.3, 0.4) is 0 Å². The minimum Gasteiger partial charge on any atom is -0.469 e. The molecule has 6 heteroatoms. The van der Waals surface area contributed by atoms with Gasteiger partial charge in [-0.1, -0.05) is 11.6 Å². The van der Waals surface area contributed by atoms with Gasteiger partial charge in [0.1, 0.15) is 0 Å². The number of methoxy groups -OCH3 is 1. The Labute approximate surface area is 134 Å². The summed E-state index contributed by atoms with van der Waals surface area (Å²) < 4.78 is 5.72.